The molecule has 208 valence electrons. The molecular weight excluding hydrogens is 540 g/mol. The molecule has 2 aliphatic carbocycles. The minimum Gasteiger partial charge on any atom is -0.0622 e. The van der Waals surface area contributed by atoms with E-state index in [2.05, 4.69) is 103 Å². The second kappa shape index (κ2) is 9.14. The number of hydrogen-bond donors (Lipinski definition) is 0. The van der Waals surface area contributed by atoms with Gasteiger partial charge in [-0.05, 0) is 94.4 Å². The molecule has 8 aromatic rings. The van der Waals surface area contributed by atoms with E-state index < -0.39 is 11.5 Å². The lowest BCUT2D eigenvalue weighted by molar-refractivity contribution is 0.794. The van der Waals surface area contributed by atoms with E-state index in [1.807, 2.05) is 36.4 Å². The van der Waals surface area contributed by atoms with Crippen LogP contribution in [0.25, 0.3) is 66.1 Å². The van der Waals surface area contributed by atoms with Gasteiger partial charge in [0.25, 0.3) is 0 Å². The molecular formula is C45H28. The van der Waals surface area contributed by atoms with Crippen molar-refractivity contribution in [3.63, 3.8) is 0 Å². The van der Waals surface area contributed by atoms with Crippen LogP contribution in [0.1, 0.15) is 29.1 Å². The summed E-state index contributed by atoms with van der Waals surface area (Å²) in [4.78, 5) is 0. The Morgan fingerprint density at radius 3 is 1.24 bits per heavy atom. The largest absolute Gasteiger partial charge is 0.0725 e. The maximum Gasteiger partial charge on any atom is 0.0725 e. The summed E-state index contributed by atoms with van der Waals surface area (Å²) in [6.45, 7) is 0. The first kappa shape index (κ1) is 20.3. The Kier molecular flexibility index (Phi) is 4.12. The molecule has 0 saturated carbocycles. The van der Waals surface area contributed by atoms with Gasteiger partial charge < -0.3 is 0 Å². The zero-order valence-corrected chi connectivity index (χ0v) is 24.3. The first-order valence-corrected chi connectivity index (χ1v) is 15.4. The SMILES string of the molecule is [2H]c1c([2H])c([2H])c(-c2c3ccccc3c(-c3ccc4c(c3)C3(c5ccccc5-c5ccccc53)c3ccccc3-4)c3ccccc23)c([2H])c1[2H]. The highest BCUT2D eigenvalue weighted by molar-refractivity contribution is 6.21. The van der Waals surface area contributed by atoms with Crippen molar-refractivity contribution in [2.24, 2.45) is 0 Å². The zero-order chi connectivity index (χ0) is 33.9. The van der Waals surface area contributed by atoms with Crippen molar-refractivity contribution >= 4 is 21.5 Å². The van der Waals surface area contributed by atoms with E-state index in [4.69, 9.17) is 6.85 Å². The lowest BCUT2D eigenvalue weighted by atomic mass is 9.70. The number of fused-ring (bicyclic) bond motifs is 12. The van der Waals surface area contributed by atoms with Crippen LogP contribution in [0.4, 0.5) is 0 Å². The van der Waals surface area contributed by atoms with Crippen LogP contribution in [0, 0.1) is 0 Å². The van der Waals surface area contributed by atoms with E-state index in [0.717, 1.165) is 32.7 Å². The molecule has 0 aliphatic heterocycles. The molecule has 0 unspecified atom stereocenters. The van der Waals surface area contributed by atoms with Crippen molar-refractivity contribution in [3.8, 4) is 44.5 Å². The fourth-order valence-electron chi connectivity index (χ4n) is 8.33. The Labute approximate surface area is 269 Å². The predicted molar refractivity (Wildman–Crippen MR) is 189 cm³/mol. The third-order valence-electron chi connectivity index (χ3n) is 9.97. The number of benzene rings is 8. The lowest BCUT2D eigenvalue weighted by Gasteiger charge is -2.30. The molecule has 45 heavy (non-hydrogen) atoms. The molecule has 8 aromatic carbocycles. The van der Waals surface area contributed by atoms with Crippen LogP contribution < -0.4 is 0 Å². The van der Waals surface area contributed by atoms with E-state index in [0.29, 0.717) is 5.56 Å². The standard InChI is InChI=1S/C45H28/c1-2-14-29(15-3-1)43-35-19-4-6-21-37(35)44(38-22-7-5-20-36(38)43)30-26-27-34-33-18-10-13-25-41(33)45(42(34)28-30)39-23-11-8-16-31(39)32-17-9-12-24-40(32)45/h1-28H/i1D,2D,3D,14D,15D. The molecule has 0 nitrogen and oxygen atoms in total. The van der Waals surface area contributed by atoms with Gasteiger partial charge in [0.2, 0.25) is 0 Å². The quantitative estimate of drug-likeness (QED) is 0.180. The first-order valence-electron chi connectivity index (χ1n) is 17.9. The van der Waals surface area contributed by atoms with Gasteiger partial charge in [0.1, 0.15) is 0 Å². The van der Waals surface area contributed by atoms with Crippen molar-refractivity contribution in [3.05, 3.63) is 192 Å². The summed E-state index contributed by atoms with van der Waals surface area (Å²) < 4.78 is 43.1. The van der Waals surface area contributed by atoms with Gasteiger partial charge in [0.05, 0.1) is 12.3 Å². The molecule has 0 amide bonds. The molecule has 0 fully saturated rings. The Balaban J connectivity index is 1.33. The summed E-state index contributed by atoms with van der Waals surface area (Å²) in [7, 11) is 0. The van der Waals surface area contributed by atoms with E-state index in [1.165, 1.54) is 44.5 Å². The predicted octanol–water partition coefficient (Wildman–Crippen LogP) is 11.7. The summed E-state index contributed by atoms with van der Waals surface area (Å²) >= 11 is 0. The summed E-state index contributed by atoms with van der Waals surface area (Å²) in [5, 5.41) is 3.61. The Hall–Kier alpha value is -5.72. The van der Waals surface area contributed by atoms with Crippen LogP contribution in [0.3, 0.4) is 0 Å². The third-order valence-corrected chi connectivity index (χ3v) is 9.97. The van der Waals surface area contributed by atoms with E-state index in [9.17, 15) is 0 Å². The van der Waals surface area contributed by atoms with Gasteiger partial charge in [-0.15, -0.1) is 0 Å². The highest BCUT2D eigenvalue weighted by Crippen LogP contribution is 2.63. The maximum atomic E-state index is 8.93. The Bertz CT molecular complexity index is 2630. The minimum absolute atomic E-state index is 0.199. The number of rotatable bonds is 2. The molecule has 0 heterocycles. The molecule has 1 spiro atoms. The summed E-state index contributed by atoms with van der Waals surface area (Å²) in [6.07, 6.45) is 0. The van der Waals surface area contributed by atoms with Gasteiger partial charge in [0.15, 0.2) is 0 Å². The van der Waals surface area contributed by atoms with Crippen molar-refractivity contribution in [1.82, 2.24) is 0 Å². The Morgan fingerprint density at radius 1 is 0.356 bits per heavy atom. The van der Waals surface area contributed by atoms with Crippen molar-refractivity contribution in [2.45, 2.75) is 5.41 Å². The van der Waals surface area contributed by atoms with Gasteiger partial charge in [-0.1, -0.05) is 164 Å². The topological polar surface area (TPSA) is 0 Å². The average Bonchev–Trinajstić information content (AvgIpc) is 3.63. The van der Waals surface area contributed by atoms with Crippen molar-refractivity contribution in [1.29, 1.82) is 0 Å². The smallest absolute Gasteiger partial charge is 0.0622 e. The fraction of sp³-hybridized carbons (Fsp3) is 0.0222. The van der Waals surface area contributed by atoms with E-state index in [-0.39, 0.29) is 29.7 Å². The van der Waals surface area contributed by atoms with Crippen LogP contribution in [0.5, 0.6) is 0 Å². The normalized spacial score (nSPS) is 15.1. The van der Waals surface area contributed by atoms with Crippen LogP contribution in [-0.4, -0.2) is 0 Å². The van der Waals surface area contributed by atoms with Gasteiger partial charge >= 0.3 is 0 Å². The lowest BCUT2D eigenvalue weighted by Crippen LogP contribution is -2.25. The molecule has 0 radical (unpaired) electrons. The summed E-state index contributed by atoms with van der Waals surface area (Å²) in [6, 6.07) is 48.0. The van der Waals surface area contributed by atoms with Crippen LogP contribution >= 0.6 is 0 Å². The molecule has 0 N–H and O–H groups in total. The molecule has 0 aromatic heterocycles. The Morgan fingerprint density at radius 2 is 0.756 bits per heavy atom. The minimum atomic E-state index is -0.478. The molecule has 2 aliphatic rings. The van der Waals surface area contributed by atoms with E-state index in [1.54, 1.807) is 0 Å². The van der Waals surface area contributed by atoms with Gasteiger partial charge in [-0.25, -0.2) is 0 Å². The zero-order valence-electron chi connectivity index (χ0n) is 29.3. The molecule has 0 heteroatoms. The average molecular weight is 574 g/mol. The molecule has 0 bridgehead atoms. The second-order valence-corrected chi connectivity index (χ2v) is 12.0. The monoisotopic (exact) mass is 573 g/mol. The van der Waals surface area contributed by atoms with Crippen LogP contribution in [0.2, 0.25) is 0 Å². The first-order chi connectivity index (χ1) is 24.4. The maximum absolute atomic E-state index is 8.93. The summed E-state index contributed by atoms with van der Waals surface area (Å²) in [5.74, 6) is 0. The number of hydrogen-bond acceptors (Lipinski definition) is 0. The van der Waals surface area contributed by atoms with Crippen molar-refractivity contribution < 1.29 is 6.85 Å². The summed E-state index contributed by atoms with van der Waals surface area (Å²) in [5.41, 5.74) is 12.6. The highest BCUT2D eigenvalue weighted by atomic mass is 14.5. The molecule has 10 rings (SSSR count). The van der Waals surface area contributed by atoms with Crippen LogP contribution in [0.15, 0.2) is 170 Å². The highest BCUT2D eigenvalue weighted by Gasteiger charge is 2.51. The van der Waals surface area contributed by atoms with E-state index >= 15 is 0 Å². The second-order valence-electron chi connectivity index (χ2n) is 12.0. The third kappa shape index (κ3) is 3.16. The molecule has 0 atom stereocenters. The fourth-order valence-corrected chi connectivity index (χ4v) is 8.33. The molecule has 0 saturated heterocycles. The van der Waals surface area contributed by atoms with Gasteiger partial charge in [0, 0.05) is 0 Å². The van der Waals surface area contributed by atoms with Gasteiger partial charge in [-0.2, -0.15) is 0 Å². The van der Waals surface area contributed by atoms with Gasteiger partial charge in [-0.3, -0.25) is 0 Å². The van der Waals surface area contributed by atoms with Crippen molar-refractivity contribution in [2.75, 3.05) is 0 Å². The van der Waals surface area contributed by atoms with Crippen LogP contribution in [-0.2, 0) is 5.41 Å².